The van der Waals surface area contributed by atoms with Gasteiger partial charge in [-0.05, 0) is 25.0 Å². The molecule has 26 heavy (non-hydrogen) atoms. The molecule has 136 valence electrons. The molecule has 1 aliphatic rings. The fourth-order valence-electron chi connectivity index (χ4n) is 2.95. The summed E-state index contributed by atoms with van der Waals surface area (Å²) in [6.45, 7) is 0. The molecule has 3 rings (SSSR count). The Bertz CT molecular complexity index is 851. The van der Waals surface area contributed by atoms with Crippen LogP contribution in [0.4, 0.5) is 5.00 Å². The Hall–Kier alpha value is -2.87. The molecule has 1 aliphatic carbocycles. The second kappa shape index (κ2) is 7.57. The van der Waals surface area contributed by atoms with Crippen LogP contribution in [0.1, 0.15) is 23.2 Å². The minimum atomic E-state index is -1.01. The van der Waals surface area contributed by atoms with Gasteiger partial charge in [0.25, 0.3) is 0 Å². The van der Waals surface area contributed by atoms with E-state index in [4.69, 9.17) is 9.15 Å². The predicted octanol–water partition coefficient (Wildman–Crippen LogP) is 3.40. The number of hydrogen-bond donors (Lipinski definition) is 2. The van der Waals surface area contributed by atoms with E-state index >= 15 is 0 Å². The molecule has 0 aromatic carbocycles. The summed E-state index contributed by atoms with van der Waals surface area (Å²) < 4.78 is 10.2. The third-order valence-electron chi connectivity index (χ3n) is 4.29. The van der Waals surface area contributed by atoms with Gasteiger partial charge in [0.1, 0.15) is 16.3 Å². The molecule has 0 aliphatic heterocycles. The number of anilines is 1. The lowest BCUT2D eigenvalue weighted by Gasteiger charge is -2.24. The number of furan rings is 1. The van der Waals surface area contributed by atoms with Gasteiger partial charge in [-0.15, -0.1) is 11.3 Å². The molecule has 8 heteroatoms. The van der Waals surface area contributed by atoms with E-state index in [2.05, 4.69) is 5.32 Å². The third-order valence-corrected chi connectivity index (χ3v) is 5.19. The molecular weight excluding hydrogens is 358 g/mol. The van der Waals surface area contributed by atoms with Gasteiger partial charge in [-0.25, -0.2) is 4.79 Å². The van der Waals surface area contributed by atoms with E-state index in [1.165, 1.54) is 13.4 Å². The number of allylic oxidation sites excluding steroid dienone is 2. The number of carboxylic acids is 1. The summed E-state index contributed by atoms with van der Waals surface area (Å²) in [5, 5.41) is 14.0. The first kappa shape index (κ1) is 17.9. The van der Waals surface area contributed by atoms with Crippen LogP contribution in [0.25, 0.3) is 11.3 Å². The SMILES string of the molecule is COC(=O)c1c(-c2ccco2)csc1NC(=O)[C@@H]1CC=CC[C@H]1C(=O)O. The number of nitrogens with one attached hydrogen (secondary N) is 1. The van der Waals surface area contributed by atoms with Gasteiger partial charge in [-0.1, -0.05) is 12.2 Å². The Morgan fingerprint density at radius 1 is 1.27 bits per heavy atom. The number of carboxylic acid groups (broad SMARTS) is 1. The van der Waals surface area contributed by atoms with Crippen molar-refractivity contribution in [3.8, 4) is 11.3 Å². The number of rotatable bonds is 5. The van der Waals surface area contributed by atoms with E-state index in [1.54, 1.807) is 29.7 Å². The first-order valence-corrected chi connectivity index (χ1v) is 8.83. The zero-order valence-corrected chi connectivity index (χ0v) is 14.7. The standard InChI is InChI=1S/C18H17NO6S/c1-24-18(23)14-12(13-7-4-8-25-13)9-26-16(14)19-15(20)10-5-2-3-6-11(10)17(21)22/h2-4,7-11H,5-6H2,1H3,(H,19,20)(H,21,22)/t10-,11-/m1/s1. The Kier molecular flexibility index (Phi) is 5.22. The normalized spacial score (nSPS) is 19.1. The lowest BCUT2D eigenvalue weighted by molar-refractivity contribution is -0.146. The summed E-state index contributed by atoms with van der Waals surface area (Å²) in [6, 6.07) is 3.39. The second-order valence-corrected chi connectivity index (χ2v) is 6.69. The maximum atomic E-state index is 12.7. The van der Waals surface area contributed by atoms with Gasteiger partial charge in [0, 0.05) is 10.9 Å². The highest BCUT2D eigenvalue weighted by molar-refractivity contribution is 7.15. The van der Waals surface area contributed by atoms with Crippen LogP contribution < -0.4 is 5.32 Å². The zero-order valence-electron chi connectivity index (χ0n) is 13.9. The van der Waals surface area contributed by atoms with Crippen LogP contribution >= 0.6 is 11.3 Å². The van der Waals surface area contributed by atoms with Crippen LogP contribution in [0, 0.1) is 11.8 Å². The van der Waals surface area contributed by atoms with Crippen molar-refractivity contribution < 1.29 is 28.6 Å². The van der Waals surface area contributed by atoms with Gasteiger partial charge in [0.15, 0.2) is 0 Å². The van der Waals surface area contributed by atoms with E-state index in [9.17, 15) is 19.5 Å². The third kappa shape index (κ3) is 3.41. The number of amides is 1. The Morgan fingerprint density at radius 2 is 2.00 bits per heavy atom. The van der Waals surface area contributed by atoms with Crippen molar-refractivity contribution in [1.82, 2.24) is 0 Å². The fourth-order valence-corrected chi connectivity index (χ4v) is 3.89. The van der Waals surface area contributed by atoms with Gasteiger partial charge in [-0.3, -0.25) is 9.59 Å². The van der Waals surface area contributed by atoms with Gasteiger partial charge in [0.2, 0.25) is 5.91 Å². The largest absolute Gasteiger partial charge is 0.481 e. The fraction of sp³-hybridized carbons (Fsp3) is 0.278. The summed E-state index contributed by atoms with van der Waals surface area (Å²) in [4.78, 5) is 36.3. The van der Waals surface area contributed by atoms with Crippen molar-refractivity contribution in [2.75, 3.05) is 12.4 Å². The minimum absolute atomic E-state index is 0.194. The molecular formula is C18H17NO6S. The van der Waals surface area contributed by atoms with E-state index in [-0.39, 0.29) is 5.56 Å². The molecule has 0 radical (unpaired) electrons. The van der Waals surface area contributed by atoms with Crippen molar-refractivity contribution in [3.05, 3.63) is 41.5 Å². The molecule has 0 bridgehead atoms. The zero-order chi connectivity index (χ0) is 18.7. The number of aliphatic carboxylic acids is 1. The molecule has 2 aromatic rings. The smallest absolute Gasteiger partial charge is 0.341 e. The van der Waals surface area contributed by atoms with Gasteiger partial charge >= 0.3 is 11.9 Å². The number of thiophene rings is 1. The number of methoxy groups -OCH3 is 1. The van der Waals surface area contributed by atoms with Crippen molar-refractivity contribution in [3.63, 3.8) is 0 Å². The highest BCUT2D eigenvalue weighted by Crippen LogP contribution is 2.37. The maximum Gasteiger partial charge on any atom is 0.341 e. The van der Waals surface area contributed by atoms with Crippen LogP contribution in [0.2, 0.25) is 0 Å². The molecule has 0 saturated heterocycles. The molecule has 2 atom stereocenters. The van der Waals surface area contributed by atoms with Gasteiger partial charge in [-0.2, -0.15) is 0 Å². The molecule has 2 aromatic heterocycles. The summed E-state index contributed by atoms with van der Waals surface area (Å²) in [5.74, 6) is -3.05. The highest BCUT2D eigenvalue weighted by Gasteiger charge is 2.35. The average Bonchev–Trinajstić information content (AvgIpc) is 3.30. The Balaban J connectivity index is 1.90. The Morgan fingerprint density at radius 3 is 2.62 bits per heavy atom. The van der Waals surface area contributed by atoms with Gasteiger partial charge in [0.05, 0.1) is 25.2 Å². The maximum absolute atomic E-state index is 12.7. The monoisotopic (exact) mass is 375 g/mol. The first-order chi connectivity index (χ1) is 12.5. The van der Waals surface area contributed by atoms with E-state index < -0.39 is 29.7 Å². The highest BCUT2D eigenvalue weighted by atomic mass is 32.1. The van der Waals surface area contributed by atoms with Crippen molar-refractivity contribution in [2.24, 2.45) is 11.8 Å². The van der Waals surface area contributed by atoms with Crippen molar-refractivity contribution >= 4 is 34.2 Å². The van der Waals surface area contributed by atoms with E-state index in [0.29, 0.717) is 29.2 Å². The minimum Gasteiger partial charge on any atom is -0.481 e. The number of esters is 1. The number of carbonyl (C=O) groups excluding carboxylic acids is 2. The van der Waals surface area contributed by atoms with Crippen LogP contribution in [-0.2, 0) is 14.3 Å². The quantitative estimate of drug-likeness (QED) is 0.613. The molecule has 0 saturated carbocycles. The average molecular weight is 375 g/mol. The number of carbonyl (C=O) groups is 3. The lowest BCUT2D eigenvalue weighted by Crippen LogP contribution is -2.34. The number of ether oxygens (including phenoxy) is 1. The van der Waals surface area contributed by atoms with Crippen molar-refractivity contribution in [1.29, 1.82) is 0 Å². The molecule has 0 unspecified atom stereocenters. The first-order valence-electron chi connectivity index (χ1n) is 7.95. The summed E-state index contributed by atoms with van der Waals surface area (Å²) in [7, 11) is 1.25. The van der Waals surface area contributed by atoms with E-state index in [1.807, 2.05) is 0 Å². The molecule has 0 spiro atoms. The van der Waals surface area contributed by atoms with Crippen LogP contribution in [0.5, 0.6) is 0 Å². The molecule has 2 heterocycles. The van der Waals surface area contributed by atoms with Gasteiger partial charge < -0.3 is 19.6 Å². The Labute approximate surface area is 153 Å². The topological polar surface area (TPSA) is 106 Å². The number of hydrogen-bond acceptors (Lipinski definition) is 6. The summed E-state index contributed by atoms with van der Waals surface area (Å²) in [5.41, 5.74) is 0.708. The second-order valence-electron chi connectivity index (χ2n) is 5.81. The van der Waals surface area contributed by atoms with Crippen LogP contribution in [0.3, 0.4) is 0 Å². The summed E-state index contributed by atoms with van der Waals surface area (Å²) in [6.07, 6.45) is 5.69. The summed E-state index contributed by atoms with van der Waals surface area (Å²) >= 11 is 1.16. The van der Waals surface area contributed by atoms with Crippen LogP contribution in [-0.4, -0.2) is 30.1 Å². The van der Waals surface area contributed by atoms with E-state index in [0.717, 1.165) is 11.3 Å². The molecule has 7 nitrogen and oxygen atoms in total. The lowest BCUT2D eigenvalue weighted by atomic mass is 9.82. The molecule has 2 N–H and O–H groups in total. The predicted molar refractivity (Wildman–Crippen MR) is 95.0 cm³/mol. The van der Waals surface area contributed by atoms with Crippen LogP contribution in [0.15, 0.2) is 40.3 Å². The van der Waals surface area contributed by atoms with Crippen molar-refractivity contribution in [2.45, 2.75) is 12.8 Å². The molecule has 0 fully saturated rings. The molecule has 1 amide bonds.